The molecule has 0 aromatic heterocycles. The van der Waals surface area contributed by atoms with Crippen LogP contribution >= 0.6 is 23.2 Å². The predicted octanol–water partition coefficient (Wildman–Crippen LogP) is 3.14. The first-order valence-corrected chi connectivity index (χ1v) is 8.17. The lowest BCUT2D eigenvalue weighted by molar-refractivity contribution is -0.155. The fraction of sp³-hybridized carbons (Fsp3) is 0.250. The lowest BCUT2D eigenvalue weighted by atomic mass is 10.1. The number of aliphatic imine (C=N–C) groups is 1. The Morgan fingerprint density at radius 2 is 1.96 bits per heavy atom. The molecular formula is C16H12Cl2F3N3O2. The molecule has 2 N–H and O–H groups in total. The number of carbonyl (C=O) groups is 1. The lowest BCUT2D eigenvalue weighted by Crippen LogP contribution is -2.46. The zero-order chi connectivity index (χ0) is 19.1. The molecule has 0 saturated carbocycles. The molecule has 2 aliphatic rings. The van der Waals surface area contributed by atoms with Gasteiger partial charge in [0.2, 0.25) is 0 Å². The number of fused-ring (bicyclic) bond motifs is 1. The molecule has 0 aliphatic carbocycles. The molecule has 0 fully saturated rings. The summed E-state index contributed by atoms with van der Waals surface area (Å²) in [7, 11) is 0. The van der Waals surface area contributed by atoms with Crippen LogP contribution in [-0.2, 0) is 0 Å². The monoisotopic (exact) mass is 405 g/mol. The van der Waals surface area contributed by atoms with Gasteiger partial charge in [-0.3, -0.25) is 9.79 Å². The van der Waals surface area contributed by atoms with E-state index in [1.807, 2.05) is 0 Å². The molecule has 26 heavy (non-hydrogen) atoms. The molecule has 3 rings (SSSR count). The van der Waals surface area contributed by atoms with Crippen molar-refractivity contribution in [2.75, 3.05) is 6.61 Å². The minimum absolute atomic E-state index is 0.00233. The van der Waals surface area contributed by atoms with E-state index >= 15 is 0 Å². The van der Waals surface area contributed by atoms with Gasteiger partial charge in [0.25, 0.3) is 5.91 Å². The summed E-state index contributed by atoms with van der Waals surface area (Å²) in [6.45, 7) is -0.751. The van der Waals surface area contributed by atoms with Gasteiger partial charge in [-0.2, -0.15) is 13.2 Å². The van der Waals surface area contributed by atoms with Crippen LogP contribution in [-0.4, -0.2) is 46.6 Å². The summed E-state index contributed by atoms with van der Waals surface area (Å²) in [6.07, 6.45) is -0.411. The average molecular weight is 406 g/mol. The van der Waals surface area contributed by atoms with Crippen LogP contribution in [0, 0.1) is 0 Å². The highest BCUT2D eigenvalue weighted by Crippen LogP contribution is 2.34. The maximum atomic E-state index is 13.2. The number of hydrogen-bond donors (Lipinski definition) is 2. The maximum Gasteiger partial charge on any atom is 0.412 e. The van der Waals surface area contributed by atoms with Crippen molar-refractivity contribution in [2.45, 2.75) is 18.3 Å². The van der Waals surface area contributed by atoms with Crippen LogP contribution in [0.2, 0.25) is 10.0 Å². The second-order valence-corrected chi connectivity index (χ2v) is 6.38. The van der Waals surface area contributed by atoms with Crippen LogP contribution in [0.4, 0.5) is 13.2 Å². The van der Waals surface area contributed by atoms with Crippen molar-refractivity contribution < 1.29 is 23.1 Å². The number of amides is 1. The van der Waals surface area contributed by atoms with E-state index in [0.717, 1.165) is 0 Å². The van der Waals surface area contributed by atoms with E-state index < -0.39 is 30.8 Å². The smallest absolute Gasteiger partial charge is 0.394 e. The molecule has 0 radical (unpaired) electrons. The van der Waals surface area contributed by atoms with Crippen LogP contribution in [0.1, 0.15) is 10.4 Å². The van der Waals surface area contributed by atoms with E-state index in [9.17, 15) is 23.1 Å². The number of amidine groups is 1. The van der Waals surface area contributed by atoms with Crippen molar-refractivity contribution in [3.05, 3.63) is 57.9 Å². The standard InChI is InChI=1S/C16H12Cl2F3N3O2/c17-8-3-1-4-9(18)12(8)15(26)22-10-5-2-6-24-11(7-25)13(16(19,20)21)23-14(10)24/h1-6,11,13,25H,7H2,(H,22,26). The van der Waals surface area contributed by atoms with Crippen LogP contribution in [0.25, 0.3) is 0 Å². The van der Waals surface area contributed by atoms with E-state index in [2.05, 4.69) is 10.3 Å². The zero-order valence-corrected chi connectivity index (χ0v) is 14.5. The first-order valence-electron chi connectivity index (χ1n) is 7.42. The Bertz CT molecular complexity index is 816. The summed E-state index contributed by atoms with van der Waals surface area (Å²) in [6, 6.07) is 1.10. The Balaban J connectivity index is 1.91. The second kappa shape index (κ2) is 6.94. The topological polar surface area (TPSA) is 64.9 Å². The van der Waals surface area contributed by atoms with Gasteiger partial charge in [-0.05, 0) is 24.3 Å². The van der Waals surface area contributed by atoms with Gasteiger partial charge in [0.05, 0.1) is 34.0 Å². The van der Waals surface area contributed by atoms with Crippen molar-refractivity contribution in [1.29, 1.82) is 0 Å². The summed E-state index contributed by atoms with van der Waals surface area (Å²) in [4.78, 5) is 17.3. The molecule has 0 saturated heterocycles. The minimum atomic E-state index is -4.63. The highest BCUT2D eigenvalue weighted by molar-refractivity contribution is 6.39. The van der Waals surface area contributed by atoms with Gasteiger partial charge in [-0.15, -0.1) is 0 Å². The second-order valence-electron chi connectivity index (χ2n) is 5.57. The average Bonchev–Trinajstić information content (AvgIpc) is 2.94. The number of allylic oxidation sites excluding steroid dienone is 2. The summed E-state index contributed by atoms with van der Waals surface area (Å²) < 4.78 is 39.6. The van der Waals surface area contributed by atoms with E-state index in [0.29, 0.717) is 0 Å². The molecule has 1 aromatic carbocycles. The number of alkyl halides is 3. The molecule has 138 valence electrons. The van der Waals surface area contributed by atoms with E-state index in [-0.39, 0.29) is 27.1 Å². The Morgan fingerprint density at radius 3 is 2.54 bits per heavy atom. The zero-order valence-electron chi connectivity index (χ0n) is 13.0. The van der Waals surface area contributed by atoms with Crippen molar-refractivity contribution in [1.82, 2.24) is 10.2 Å². The third kappa shape index (κ3) is 3.32. The van der Waals surface area contributed by atoms with Crippen molar-refractivity contribution in [3.8, 4) is 0 Å². The van der Waals surface area contributed by atoms with Gasteiger partial charge < -0.3 is 15.3 Å². The minimum Gasteiger partial charge on any atom is -0.394 e. The molecule has 2 unspecified atom stereocenters. The van der Waals surface area contributed by atoms with Crippen LogP contribution in [0.15, 0.2) is 47.2 Å². The lowest BCUT2D eigenvalue weighted by Gasteiger charge is -2.28. The SMILES string of the molecule is O=C(NC1=CC=CN2C1=NC(C(F)(F)F)C2CO)c1c(Cl)cccc1Cl. The molecule has 2 aliphatic heterocycles. The predicted molar refractivity (Wildman–Crippen MR) is 91.1 cm³/mol. The number of carbonyl (C=O) groups excluding carboxylic acids is 1. The molecule has 5 nitrogen and oxygen atoms in total. The Kier molecular flexibility index (Phi) is 5.01. The normalized spacial score (nSPS) is 22.0. The van der Waals surface area contributed by atoms with E-state index in [4.69, 9.17) is 23.2 Å². The number of nitrogens with zero attached hydrogens (tertiary/aromatic N) is 2. The summed E-state index contributed by atoms with van der Waals surface area (Å²) in [5.41, 5.74) is 0.0567. The van der Waals surface area contributed by atoms with Gasteiger partial charge in [-0.1, -0.05) is 29.3 Å². The van der Waals surface area contributed by atoms with E-state index in [1.54, 1.807) is 6.07 Å². The molecule has 0 spiro atoms. The third-order valence-electron chi connectivity index (χ3n) is 3.94. The number of hydrogen-bond acceptors (Lipinski definition) is 4. The Labute approximate surface area is 156 Å². The number of rotatable bonds is 3. The molecule has 0 bridgehead atoms. The van der Waals surface area contributed by atoms with Crippen molar-refractivity contribution in [2.24, 2.45) is 4.99 Å². The van der Waals surface area contributed by atoms with Gasteiger partial charge in [0.15, 0.2) is 11.9 Å². The summed E-state index contributed by atoms with van der Waals surface area (Å²) in [5, 5.41) is 12.1. The number of aliphatic hydroxyl groups excluding tert-OH is 1. The van der Waals surface area contributed by atoms with Crippen molar-refractivity contribution in [3.63, 3.8) is 0 Å². The molecular weight excluding hydrogens is 394 g/mol. The van der Waals surface area contributed by atoms with Gasteiger partial charge in [0, 0.05) is 6.20 Å². The molecule has 10 heteroatoms. The van der Waals surface area contributed by atoms with Crippen LogP contribution in [0.3, 0.4) is 0 Å². The van der Waals surface area contributed by atoms with Gasteiger partial charge in [-0.25, -0.2) is 0 Å². The fourth-order valence-corrected chi connectivity index (χ4v) is 3.34. The number of halogens is 5. The number of benzene rings is 1. The molecule has 2 heterocycles. The highest BCUT2D eigenvalue weighted by Gasteiger charge is 2.51. The molecule has 1 aromatic rings. The molecule has 2 atom stereocenters. The molecule has 1 amide bonds. The fourth-order valence-electron chi connectivity index (χ4n) is 2.77. The largest absolute Gasteiger partial charge is 0.412 e. The van der Waals surface area contributed by atoms with Gasteiger partial charge >= 0.3 is 6.18 Å². The summed E-state index contributed by atoms with van der Waals surface area (Å²) >= 11 is 12.0. The number of aliphatic hydroxyl groups is 1. The van der Waals surface area contributed by atoms with Crippen LogP contribution < -0.4 is 5.32 Å². The van der Waals surface area contributed by atoms with Crippen LogP contribution in [0.5, 0.6) is 0 Å². The number of nitrogens with one attached hydrogen (secondary N) is 1. The third-order valence-corrected chi connectivity index (χ3v) is 4.57. The maximum absolute atomic E-state index is 13.2. The van der Waals surface area contributed by atoms with E-state index in [1.165, 1.54) is 35.4 Å². The van der Waals surface area contributed by atoms with Crippen molar-refractivity contribution >= 4 is 34.9 Å². The Hall–Kier alpha value is -2.03. The first kappa shape index (κ1) is 18.8. The quantitative estimate of drug-likeness (QED) is 0.811. The first-order chi connectivity index (χ1) is 12.2. The highest BCUT2D eigenvalue weighted by atomic mass is 35.5. The van der Waals surface area contributed by atoms with Gasteiger partial charge in [0.1, 0.15) is 0 Å². The Morgan fingerprint density at radius 1 is 1.31 bits per heavy atom. The summed E-state index contributed by atoms with van der Waals surface area (Å²) in [5.74, 6) is -0.772.